The number of nitrogens with zero attached hydrogens (tertiary/aromatic N) is 2. The zero-order valence-corrected chi connectivity index (χ0v) is 23.8. The molecule has 1 aromatic rings. The maximum Gasteiger partial charge on any atom is 0.471 e. The van der Waals surface area contributed by atoms with Crippen LogP contribution in [0.4, 0.5) is 32.0 Å². The molecule has 2 aliphatic heterocycles. The predicted molar refractivity (Wildman–Crippen MR) is 140 cm³/mol. The Morgan fingerprint density at radius 2 is 1.71 bits per heavy atom. The zero-order valence-electron chi connectivity index (χ0n) is 22.9. The molecule has 0 bridgehead atoms. The van der Waals surface area contributed by atoms with Crippen LogP contribution in [-0.2, 0) is 44.6 Å². The molecule has 1 saturated heterocycles. The van der Waals surface area contributed by atoms with Gasteiger partial charge in [-0.1, -0.05) is 20.3 Å². The number of anilines is 1. The molecule has 8 nitrogen and oxygen atoms in total. The van der Waals surface area contributed by atoms with E-state index in [2.05, 4.69) is 18.6 Å². The minimum Gasteiger partial charge on any atom is -0.381 e. The first kappa shape index (κ1) is 33.1. The highest BCUT2D eigenvalue weighted by molar-refractivity contribution is 7.84. The van der Waals surface area contributed by atoms with Crippen molar-refractivity contribution in [3.8, 4) is 0 Å². The summed E-state index contributed by atoms with van der Waals surface area (Å²) in [5, 5.41) is 5.22. The number of ether oxygens (including phenoxy) is 1. The third-order valence-corrected chi connectivity index (χ3v) is 7.81. The van der Waals surface area contributed by atoms with E-state index < -0.39 is 53.0 Å². The van der Waals surface area contributed by atoms with Crippen molar-refractivity contribution in [3.63, 3.8) is 0 Å². The highest BCUT2D eigenvalue weighted by atomic mass is 32.2. The first-order valence-electron chi connectivity index (χ1n) is 13.6. The van der Waals surface area contributed by atoms with Crippen molar-refractivity contribution in [1.29, 1.82) is 0 Å². The van der Waals surface area contributed by atoms with Gasteiger partial charge in [0.25, 0.3) is 0 Å². The van der Waals surface area contributed by atoms with Crippen molar-refractivity contribution >= 4 is 28.7 Å². The molecular formula is C26H36F6N4O4S. The highest BCUT2D eigenvalue weighted by Gasteiger charge is 2.49. The fraction of sp³-hybridized carbons (Fsp3) is 0.692. The van der Waals surface area contributed by atoms with Crippen LogP contribution in [0.1, 0.15) is 69.1 Å². The number of benzene rings is 1. The number of rotatable bonds is 5. The zero-order chi connectivity index (χ0) is 30.5. The molecule has 2 fully saturated rings. The van der Waals surface area contributed by atoms with Crippen LogP contribution in [0.15, 0.2) is 12.1 Å². The number of alkyl halides is 6. The Labute approximate surface area is 237 Å². The van der Waals surface area contributed by atoms with Gasteiger partial charge < -0.3 is 14.5 Å². The van der Waals surface area contributed by atoms with Crippen LogP contribution in [0, 0.1) is 5.92 Å². The summed E-state index contributed by atoms with van der Waals surface area (Å²) < 4.78 is 99.6. The smallest absolute Gasteiger partial charge is 0.381 e. The molecule has 3 aliphatic rings. The summed E-state index contributed by atoms with van der Waals surface area (Å²) >= 11 is -2.11. The summed E-state index contributed by atoms with van der Waals surface area (Å²) in [6, 6.07) is 0.348. The summed E-state index contributed by atoms with van der Waals surface area (Å²) in [5.74, 6) is -2.96. The first-order valence-corrected chi connectivity index (χ1v) is 14.8. The summed E-state index contributed by atoms with van der Waals surface area (Å²) in [4.78, 5) is 27.9. The van der Waals surface area contributed by atoms with Crippen molar-refractivity contribution in [1.82, 2.24) is 9.80 Å². The second-order valence-electron chi connectivity index (χ2n) is 10.5. The van der Waals surface area contributed by atoms with Gasteiger partial charge in [0.1, 0.15) is 0 Å². The Kier molecular flexibility index (Phi) is 11.1. The van der Waals surface area contributed by atoms with E-state index in [0.29, 0.717) is 5.56 Å². The van der Waals surface area contributed by atoms with E-state index >= 15 is 0 Å². The van der Waals surface area contributed by atoms with Crippen LogP contribution < -0.4 is 9.86 Å². The Balaban J connectivity index is 0.00000147. The Hall–Kier alpha value is -2.39. The monoisotopic (exact) mass is 614 g/mol. The van der Waals surface area contributed by atoms with Gasteiger partial charge in [-0.25, -0.2) is 9.35 Å². The normalized spacial score (nSPS) is 22.3. The lowest BCUT2D eigenvalue weighted by atomic mass is 9.94. The Bertz CT molecular complexity index is 1110. The minimum atomic E-state index is -5.05. The molecule has 2 heterocycles. The van der Waals surface area contributed by atoms with E-state index in [9.17, 15) is 40.1 Å². The van der Waals surface area contributed by atoms with Gasteiger partial charge in [0.15, 0.2) is 11.2 Å². The molecule has 0 aromatic heterocycles. The van der Waals surface area contributed by atoms with Crippen LogP contribution in [0.5, 0.6) is 0 Å². The molecule has 0 spiro atoms. The van der Waals surface area contributed by atoms with Gasteiger partial charge in [0.05, 0.1) is 11.3 Å². The number of amides is 2. The minimum absolute atomic E-state index is 0.0264. The molecule has 232 valence electrons. The number of halogens is 6. The molecule has 4 rings (SSSR count). The number of nitrogens with two attached hydrogens (primary N) is 1. The molecule has 0 radical (unpaired) electrons. The fourth-order valence-electron chi connectivity index (χ4n) is 5.68. The second kappa shape index (κ2) is 13.7. The van der Waals surface area contributed by atoms with Crippen LogP contribution in [0.2, 0.25) is 0 Å². The molecular weight excluding hydrogens is 578 g/mol. The average Bonchev–Trinajstić information content (AvgIpc) is 3.37. The average molecular weight is 615 g/mol. The van der Waals surface area contributed by atoms with E-state index in [-0.39, 0.29) is 82.0 Å². The largest absolute Gasteiger partial charge is 0.471 e. The second-order valence-corrected chi connectivity index (χ2v) is 11.3. The quantitative estimate of drug-likeness (QED) is 0.470. The maximum atomic E-state index is 13.5. The molecule has 3 N–H and O–H groups in total. The fourth-order valence-corrected chi connectivity index (χ4v) is 6.08. The number of fused-ring (bicyclic) bond motifs is 1. The summed E-state index contributed by atoms with van der Waals surface area (Å²) in [6.45, 7) is 4.75. The molecule has 2 unspecified atom stereocenters. The molecule has 1 aliphatic carbocycles. The highest BCUT2D eigenvalue weighted by Crippen LogP contribution is 2.39. The standard InChI is InChI=1S/C23H28F6N4O4S.C3H8/c24-22(25,26)15-9-14-12-32(6-3-18(14)19(11-15)31-38(30)36)20(34)13-1-2-17(10-13)33(21(35)23(27,28)29)16-4-7-37-8-5-16;1-3-2/h9,11,13,16-17,31H,1-8,10,12,30H2;3H2,1-2H3/t13-,17?,38?;/m0./s1. The number of hydrogen-bond donors (Lipinski definition) is 2. The SMILES string of the molecule is CCC.NS(=O)Nc1cc(C(F)(F)F)cc2c1CCN(C(=O)[C@H]1CCC(N(C(=O)C(F)(F)F)C3CCOCC3)C1)C2. The van der Waals surface area contributed by atoms with E-state index in [1.165, 1.54) is 11.3 Å². The number of carbonyl (C=O) groups excluding carboxylic acids is 2. The van der Waals surface area contributed by atoms with Gasteiger partial charge >= 0.3 is 18.3 Å². The van der Waals surface area contributed by atoms with Gasteiger partial charge in [-0.3, -0.25) is 14.3 Å². The number of carbonyl (C=O) groups is 2. The molecule has 1 saturated carbocycles. The summed E-state index contributed by atoms with van der Waals surface area (Å²) in [6.07, 6.45) is -7.25. The van der Waals surface area contributed by atoms with E-state index in [1.54, 1.807) is 0 Å². The van der Waals surface area contributed by atoms with Gasteiger partial charge in [0.2, 0.25) is 5.91 Å². The predicted octanol–water partition coefficient (Wildman–Crippen LogP) is 4.69. The van der Waals surface area contributed by atoms with Crippen molar-refractivity contribution in [2.24, 2.45) is 11.1 Å². The molecule has 2 amide bonds. The maximum absolute atomic E-state index is 13.5. The summed E-state index contributed by atoms with van der Waals surface area (Å²) in [5.41, 5.74) is -0.330. The van der Waals surface area contributed by atoms with Gasteiger partial charge in [-0.15, -0.1) is 0 Å². The van der Waals surface area contributed by atoms with Crippen LogP contribution >= 0.6 is 0 Å². The molecule has 1 aromatic carbocycles. The van der Waals surface area contributed by atoms with Crippen molar-refractivity contribution < 1.29 is 44.9 Å². The topological polar surface area (TPSA) is 105 Å². The van der Waals surface area contributed by atoms with Gasteiger partial charge in [-0.2, -0.15) is 26.3 Å². The van der Waals surface area contributed by atoms with E-state index in [0.717, 1.165) is 17.0 Å². The Morgan fingerprint density at radius 1 is 1.07 bits per heavy atom. The first-order chi connectivity index (χ1) is 19.2. The number of hydrogen-bond acceptors (Lipinski definition) is 4. The van der Waals surface area contributed by atoms with Crippen LogP contribution in [0.25, 0.3) is 0 Å². The third kappa shape index (κ3) is 8.34. The molecule has 41 heavy (non-hydrogen) atoms. The van der Waals surface area contributed by atoms with Crippen molar-refractivity contribution in [2.45, 2.75) is 89.8 Å². The lowest BCUT2D eigenvalue weighted by molar-refractivity contribution is -0.192. The molecule has 3 atom stereocenters. The van der Waals surface area contributed by atoms with Gasteiger partial charge in [0, 0.05) is 44.3 Å². The third-order valence-electron chi connectivity index (χ3n) is 7.39. The number of nitrogens with one attached hydrogen (secondary N) is 1. The van der Waals surface area contributed by atoms with Crippen LogP contribution in [0.3, 0.4) is 0 Å². The van der Waals surface area contributed by atoms with Crippen LogP contribution in [-0.4, -0.2) is 63.8 Å². The lowest BCUT2D eigenvalue weighted by Gasteiger charge is -2.39. The van der Waals surface area contributed by atoms with Crippen molar-refractivity contribution in [3.05, 3.63) is 28.8 Å². The lowest BCUT2D eigenvalue weighted by Crippen LogP contribution is -2.53. The Morgan fingerprint density at radius 3 is 2.27 bits per heavy atom. The van der Waals surface area contributed by atoms with E-state index in [1.807, 2.05) is 0 Å². The van der Waals surface area contributed by atoms with Crippen molar-refractivity contribution in [2.75, 3.05) is 24.5 Å². The van der Waals surface area contributed by atoms with Gasteiger partial charge in [-0.05, 0) is 61.8 Å². The summed E-state index contributed by atoms with van der Waals surface area (Å²) in [7, 11) is 0. The van der Waals surface area contributed by atoms with E-state index in [4.69, 9.17) is 9.88 Å². The molecule has 15 heteroatoms.